The van der Waals surface area contributed by atoms with E-state index in [1.807, 2.05) is 41.2 Å². The van der Waals surface area contributed by atoms with Gasteiger partial charge in [-0.05, 0) is 55.5 Å². The van der Waals surface area contributed by atoms with E-state index in [1.165, 1.54) is 6.92 Å². The van der Waals surface area contributed by atoms with Gasteiger partial charge in [0.1, 0.15) is 0 Å². The molecule has 0 radical (unpaired) electrons. The van der Waals surface area contributed by atoms with E-state index in [9.17, 15) is 9.59 Å². The molecule has 28 heavy (non-hydrogen) atoms. The standard InChI is InChI=1S/C21H18N2O5/c1-14(20(24)22-16-6-9-18-19(12-16)27-13-26-18)28-21(25)15-4-7-17(8-5-15)23-10-2-3-11-23/h2-12,14H,13H2,1H3,(H,22,24)/t14-/m0/s1. The zero-order chi connectivity index (χ0) is 19.5. The van der Waals surface area contributed by atoms with Gasteiger partial charge in [-0.15, -0.1) is 0 Å². The Bertz CT molecular complexity index is 996. The number of carbonyl (C=O) groups is 2. The fraction of sp³-hybridized carbons (Fsp3) is 0.143. The van der Waals surface area contributed by atoms with E-state index in [2.05, 4.69) is 5.32 Å². The van der Waals surface area contributed by atoms with Gasteiger partial charge in [-0.25, -0.2) is 4.79 Å². The molecule has 1 aromatic heterocycles. The first-order valence-electron chi connectivity index (χ1n) is 8.75. The minimum absolute atomic E-state index is 0.157. The van der Waals surface area contributed by atoms with Crippen LogP contribution in [0, 0.1) is 0 Å². The lowest BCUT2D eigenvalue weighted by atomic mass is 10.2. The van der Waals surface area contributed by atoms with Crippen molar-refractivity contribution in [1.29, 1.82) is 0 Å². The maximum absolute atomic E-state index is 12.3. The van der Waals surface area contributed by atoms with E-state index >= 15 is 0 Å². The van der Waals surface area contributed by atoms with Crippen molar-refractivity contribution >= 4 is 17.6 Å². The summed E-state index contributed by atoms with van der Waals surface area (Å²) in [5, 5.41) is 2.70. The van der Waals surface area contributed by atoms with Crippen LogP contribution in [0.15, 0.2) is 67.0 Å². The van der Waals surface area contributed by atoms with Crippen molar-refractivity contribution in [3.63, 3.8) is 0 Å². The number of hydrogen-bond acceptors (Lipinski definition) is 5. The first-order chi connectivity index (χ1) is 13.6. The lowest BCUT2D eigenvalue weighted by molar-refractivity contribution is -0.123. The summed E-state index contributed by atoms with van der Waals surface area (Å²) in [6.45, 7) is 1.68. The minimum atomic E-state index is -0.956. The second kappa shape index (κ2) is 7.48. The van der Waals surface area contributed by atoms with Crippen molar-refractivity contribution in [1.82, 2.24) is 4.57 Å². The van der Waals surface area contributed by atoms with Crippen LogP contribution in [0.3, 0.4) is 0 Å². The van der Waals surface area contributed by atoms with Gasteiger partial charge in [-0.1, -0.05) is 0 Å². The van der Waals surface area contributed by atoms with Gasteiger partial charge in [-0.3, -0.25) is 4.79 Å². The Balaban J connectivity index is 1.36. The second-order valence-corrected chi connectivity index (χ2v) is 6.24. The number of nitrogens with zero attached hydrogens (tertiary/aromatic N) is 1. The van der Waals surface area contributed by atoms with Crippen LogP contribution in [-0.4, -0.2) is 29.3 Å². The first-order valence-corrected chi connectivity index (χ1v) is 8.75. The topological polar surface area (TPSA) is 78.8 Å². The molecule has 0 bridgehead atoms. The Labute approximate surface area is 161 Å². The summed E-state index contributed by atoms with van der Waals surface area (Å²) in [6, 6.07) is 15.9. The Morgan fingerprint density at radius 2 is 1.75 bits per heavy atom. The number of carbonyl (C=O) groups excluding carboxylic acids is 2. The van der Waals surface area contributed by atoms with Crippen molar-refractivity contribution in [2.45, 2.75) is 13.0 Å². The van der Waals surface area contributed by atoms with E-state index in [0.717, 1.165) is 5.69 Å². The first kappa shape index (κ1) is 17.7. The molecule has 0 aliphatic carbocycles. The number of anilines is 1. The molecule has 4 rings (SSSR count). The summed E-state index contributed by atoms with van der Waals surface area (Å²) in [7, 11) is 0. The SMILES string of the molecule is C[C@H](OC(=O)c1ccc(-n2cccc2)cc1)C(=O)Nc1ccc2c(c1)OCO2. The van der Waals surface area contributed by atoms with E-state index in [0.29, 0.717) is 22.7 Å². The lowest BCUT2D eigenvalue weighted by Gasteiger charge is -2.14. The molecule has 1 aliphatic rings. The lowest BCUT2D eigenvalue weighted by Crippen LogP contribution is -2.30. The molecular weight excluding hydrogens is 360 g/mol. The summed E-state index contributed by atoms with van der Waals surface area (Å²) in [6.07, 6.45) is 2.87. The third-order valence-corrected chi connectivity index (χ3v) is 4.30. The van der Waals surface area contributed by atoms with Gasteiger partial charge >= 0.3 is 5.97 Å². The molecule has 0 unspecified atom stereocenters. The third-order valence-electron chi connectivity index (χ3n) is 4.30. The fourth-order valence-corrected chi connectivity index (χ4v) is 2.78. The number of fused-ring (bicyclic) bond motifs is 1. The van der Waals surface area contributed by atoms with Crippen molar-refractivity contribution in [2.75, 3.05) is 12.1 Å². The molecule has 0 spiro atoms. The fourth-order valence-electron chi connectivity index (χ4n) is 2.78. The molecule has 0 fully saturated rings. The van der Waals surface area contributed by atoms with Crippen LogP contribution in [0.1, 0.15) is 17.3 Å². The average Bonchev–Trinajstić information content (AvgIpc) is 3.39. The van der Waals surface area contributed by atoms with Crippen LogP contribution in [0.25, 0.3) is 5.69 Å². The zero-order valence-electron chi connectivity index (χ0n) is 15.1. The summed E-state index contributed by atoms with van der Waals surface area (Å²) < 4.78 is 17.7. The predicted octanol–water partition coefficient (Wildman–Crippen LogP) is 3.39. The van der Waals surface area contributed by atoms with Crippen LogP contribution >= 0.6 is 0 Å². The largest absolute Gasteiger partial charge is 0.454 e. The summed E-state index contributed by atoms with van der Waals surface area (Å²) in [4.78, 5) is 24.6. The second-order valence-electron chi connectivity index (χ2n) is 6.24. The van der Waals surface area contributed by atoms with Gasteiger partial charge in [0.2, 0.25) is 6.79 Å². The van der Waals surface area contributed by atoms with E-state index in [4.69, 9.17) is 14.2 Å². The maximum atomic E-state index is 12.3. The Morgan fingerprint density at radius 1 is 1.04 bits per heavy atom. The minimum Gasteiger partial charge on any atom is -0.454 e. The quantitative estimate of drug-likeness (QED) is 0.689. The normalized spacial score (nSPS) is 13.0. The molecule has 1 aliphatic heterocycles. The zero-order valence-corrected chi connectivity index (χ0v) is 15.1. The molecule has 2 heterocycles. The molecule has 0 saturated heterocycles. The molecule has 2 aromatic carbocycles. The number of benzene rings is 2. The average molecular weight is 378 g/mol. The Hall–Kier alpha value is -3.74. The summed E-state index contributed by atoms with van der Waals surface area (Å²) in [5.74, 6) is 0.189. The molecule has 1 atom stereocenters. The molecule has 142 valence electrons. The number of ether oxygens (including phenoxy) is 3. The van der Waals surface area contributed by atoms with Crippen LogP contribution in [-0.2, 0) is 9.53 Å². The van der Waals surface area contributed by atoms with Crippen LogP contribution in [0.5, 0.6) is 11.5 Å². The predicted molar refractivity (Wildman–Crippen MR) is 102 cm³/mol. The van der Waals surface area contributed by atoms with Gasteiger partial charge in [0.05, 0.1) is 5.56 Å². The molecule has 1 amide bonds. The van der Waals surface area contributed by atoms with Crippen molar-refractivity contribution in [3.05, 3.63) is 72.6 Å². The summed E-state index contributed by atoms with van der Waals surface area (Å²) >= 11 is 0. The van der Waals surface area contributed by atoms with Gasteiger partial charge in [0, 0.05) is 29.8 Å². The van der Waals surface area contributed by atoms with Crippen molar-refractivity contribution < 1.29 is 23.8 Å². The number of rotatable bonds is 5. The van der Waals surface area contributed by atoms with Crippen molar-refractivity contribution in [2.24, 2.45) is 0 Å². The number of amides is 1. The van der Waals surface area contributed by atoms with Crippen molar-refractivity contribution in [3.8, 4) is 17.2 Å². The smallest absolute Gasteiger partial charge is 0.338 e. The molecule has 7 heteroatoms. The highest BCUT2D eigenvalue weighted by Crippen LogP contribution is 2.34. The van der Waals surface area contributed by atoms with E-state index in [-0.39, 0.29) is 6.79 Å². The Kier molecular flexibility index (Phi) is 4.72. The molecule has 0 saturated carbocycles. The summed E-state index contributed by atoms with van der Waals surface area (Å²) in [5.41, 5.74) is 1.84. The highest BCUT2D eigenvalue weighted by molar-refractivity contribution is 5.97. The number of esters is 1. The van der Waals surface area contributed by atoms with E-state index in [1.54, 1.807) is 30.3 Å². The number of nitrogens with one attached hydrogen (secondary N) is 1. The number of aromatic nitrogens is 1. The molecule has 1 N–H and O–H groups in total. The highest BCUT2D eigenvalue weighted by atomic mass is 16.7. The maximum Gasteiger partial charge on any atom is 0.338 e. The van der Waals surface area contributed by atoms with Crippen LogP contribution in [0.4, 0.5) is 5.69 Å². The third kappa shape index (κ3) is 3.68. The van der Waals surface area contributed by atoms with E-state index < -0.39 is 18.0 Å². The monoisotopic (exact) mass is 378 g/mol. The van der Waals surface area contributed by atoms with Crippen LogP contribution < -0.4 is 14.8 Å². The van der Waals surface area contributed by atoms with Gasteiger partial charge < -0.3 is 24.1 Å². The van der Waals surface area contributed by atoms with Crippen LogP contribution in [0.2, 0.25) is 0 Å². The molecule has 3 aromatic rings. The molecular formula is C21H18N2O5. The molecule has 7 nitrogen and oxygen atoms in total. The number of hydrogen-bond donors (Lipinski definition) is 1. The van der Waals surface area contributed by atoms with Gasteiger partial charge in [0.15, 0.2) is 17.6 Å². The van der Waals surface area contributed by atoms with Gasteiger partial charge in [0.25, 0.3) is 5.91 Å². The van der Waals surface area contributed by atoms with Gasteiger partial charge in [-0.2, -0.15) is 0 Å². The highest BCUT2D eigenvalue weighted by Gasteiger charge is 2.20. The Morgan fingerprint density at radius 3 is 2.50 bits per heavy atom.